The summed E-state index contributed by atoms with van der Waals surface area (Å²) in [5.74, 6) is -0.218. The monoisotopic (exact) mass is 254 g/mol. The SMILES string of the molecule is Cc1ccc(Cl)c(NC(=O)[C@@H](N)C(C)(C)C)c1. The number of rotatable bonds is 2. The highest BCUT2D eigenvalue weighted by Crippen LogP contribution is 2.24. The van der Waals surface area contributed by atoms with Crippen LogP contribution in [0.2, 0.25) is 5.02 Å². The fourth-order valence-corrected chi connectivity index (χ4v) is 1.50. The number of carbonyl (C=O) groups is 1. The first-order chi connectivity index (χ1) is 7.71. The van der Waals surface area contributed by atoms with Crippen LogP contribution in [0, 0.1) is 12.3 Å². The summed E-state index contributed by atoms with van der Waals surface area (Å²) in [4.78, 5) is 11.9. The molecule has 1 aromatic rings. The molecular weight excluding hydrogens is 236 g/mol. The Balaban J connectivity index is 2.85. The van der Waals surface area contributed by atoms with E-state index in [4.69, 9.17) is 17.3 Å². The van der Waals surface area contributed by atoms with Crippen molar-refractivity contribution in [3.05, 3.63) is 28.8 Å². The minimum atomic E-state index is -0.570. The van der Waals surface area contributed by atoms with Gasteiger partial charge in [0.1, 0.15) is 0 Å². The summed E-state index contributed by atoms with van der Waals surface area (Å²) in [6, 6.07) is 4.91. The van der Waals surface area contributed by atoms with Crippen LogP contribution in [0.25, 0.3) is 0 Å². The van der Waals surface area contributed by atoms with Gasteiger partial charge in [0.2, 0.25) is 5.91 Å². The van der Waals surface area contributed by atoms with E-state index in [9.17, 15) is 4.79 Å². The van der Waals surface area contributed by atoms with Gasteiger partial charge in [-0.15, -0.1) is 0 Å². The van der Waals surface area contributed by atoms with E-state index in [1.165, 1.54) is 0 Å². The van der Waals surface area contributed by atoms with Crippen molar-refractivity contribution in [3.63, 3.8) is 0 Å². The minimum absolute atomic E-state index is 0.218. The Labute approximate surface area is 107 Å². The van der Waals surface area contributed by atoms with Crippen molar-refractivity contribution in [2.75, 3.05) is 5.32 Å². The topological polar surface area (TPSA) is 55.1 Å². The molecule has 4 heteroatoms. The molecule has 3 N–H and O–H groups in total. The van der Waals surface area contributed by atoms with Gasteiger partial charge in [0, 0.05) is 0 Å². The third-order valence-corrected chi connectivity index (χ3v) is 2.92. The van der Waals surface area contributed by atoms with Gasteiger partial charge in [-0.1, -0.05) is 38.4 Å². The van der Waals surface area contributed by atoms with Crippen molar-refractivity contribution in [1.29, 1.82) is 0 Å². The summed E-state index contributed by atoms with van der Waals surface area (Å²) in [6.07, 6.45) is 0. The Morgan fingerprint density at radius 3 is 2.53 bits per heavy atom. The number of aryl methyl sites for hydroxylation is 1. The molecule has 0 heterocycles. The highest BCUT2D eigenvalue weighted by molar-refractivity contribution is 6.33. The predicted octanol–water partition coefficient (Wildman–Crippen LogP) is 2.96. The van der Waals surface area contributed by atoms with Crippen LogP contribution in [0.4, 0.5) is 5.69 Å². The Morgan fingerprint density at radius 1 is 1.41 bits per heavy atom. The summed E-state index contributed by atoms with van der Waals surface area (Å²) < 4.78 is 0. The van der Waals surface area contributed by atoms with E-state index in [0.29, 0.717) is 10.7 Å². The average Bonchev–Trinajstić information content (AvgIpc) is 2.21. The number of nitrogens with one attached hydrogen (secondary N) is 1. The predicted molar refractivity (Wildman–Crippen MR) is 72.2 cm³/mol. The molecule has 0 aliphatic heterocycles. The molecule has 0 aromatic heterocycles. The maximum atomic E-state index is 11.9. The molecule has 0 radical (unpaired) electrons. The maximum absolute atomic E-state index is 11.9. The third-order valence-electron chi connectivity index (χ3n) is 2.60. The molecular formula is C13H19ClN2O. The molecule has 1 atom stereocenters. The molecule has 0 fully saturated rings. The first-order valence-corrected chi connectivity index (χ1v) is 5.92. The minimum Gasteiger partial charge on any atom is -0.323 e. The van der Waals surface area contributed by atoms with Crippen molar-refractivity contribution in [3.8, 4) is 0 Å². The van der Waals surface area contributed by atoms with Gasteiger partial charge in [-0.3, -0.25) is 4.79 Å². The molecule has 17 heavy (non-hydrogen) atoms. The number of nitrogens with two attached hydrogens (primary N) is 1. The zero-order chi connectivity index (χ0) is 13.2. The van der Waals surface area contributed by atoms with E-state index >= 15 is 0 Å². The van der Waals surface area contributed by atoms with Crippen molar-refractivity contribution >= 4 is 23.2 Å². The van der Waals surface area contributed by atoms with Crippen molar-refractivity contribution in [2.45, 2.75) is 33.7 Å². The molecule has 3 nitrogen and oxygen atoms in total. The molecule has 1 aromatic carbocycles. The van der Waals surface area contributed by atoms with E-state index < -0.39 is 6.04 Å². The maximum Gasteiger partial charge on any atom is 0.241 e. The molecule has 1 amide bonds. The first kappa shape index (κ1) is 14.0. The lowest BCUT2D eigenvalue weighted by Gasteiger charge is -2.26. The number of halogens is 1. The Hall–Kier alpha value is -1.06. The van der Waals surface area contributed by atoms with Crippen LogP contribution in [0.1, 0.15) is 26.3 Å². The second-order valence-electron chi connectivity index (χ2n) is 5.32. The van der Waals surface area contributed by atoms with Crippen molar-refractivity contribution < 1.29 is 4.79 Å². The van der Waals surface area contributed by atoms with Crippen LogP contribution in [0.5, 0.6) is 0 Å². The van der Waals surface area contributed by atoms with Gasteiger partial charge in [0.25, 0.3) is 0 Å². The van der Waals surface area contributed by atoms with Crippen molar-refractivity contribution in [1.82, 2.24) is 0 Å². The van der Waals surface area contributed by atoms with E-state index in [0.717, 1.165) is 5.56 Å². The molecule has 0 bridgehead atoms. The number of hydrogen-bond donors (Lipinski definition) is 2. The van der Waals surface area contributed by atoms with Gasteiger partial charge in [-0.05, 0) is 30.0 Å². The summed E-state index contributed by atoms with van der Waals surface area (Å²) in [5.41, 5.74) is 7.24. The van der Waals surface area contributed by atoms with Gasteiger partial charge in [-0.2, -0.15) is 0 Å². The highest BCUT2D eigenvalue weighted by atomic mass is 35.5. The molecule has 1 rings (SSSR count). The second-order valence-corrected chi connectivity index (χ2v) is 5.72. The molecule has 0 saturated carbocycles. The van der Waals surface area contributed by atoms with Crippen LogP contribution in [0.15, 0.2) is 18.2 Å². The lowest BCUT2D eigenvalue weighted by atomic mass is 9.87. The second kappa shape index (κ2) is 5.07. The van der Waals surface area contributed by atoms with Crippen LogP contribution in [0.3, 0.4) is 0 Å². The molecule has 0 spiro atoms. The fraction of sp³-hybridized carbons (Fsp3) is 0.462. The Morgan fingerprint density at radius 2 is 2.00 bits per heavy atom. The Bertz CT molecular complexity index is 424. The first-order valence-electron chi connectivity index (χ1n) is 5.54. The summed E-state index contributed by atoms with van der Waals surface area (Å²) in [6.45, 7) is 7.72. The summed E-state index contributed by atoms with van der Waals surface area (Å²) in [7, 11) is 0. The average molecular weight is 255 g/mol. The standard InChI is InChI=1S/C13H19ClN2O/c1-8-5-6-9(14)10(7-8)16-12(17)11(15)13(2,3)4/h5-7,11H,15H2,1-4H3,(H,16,17)/t11-/m1/s1. The largest absolute Gasteiger partial charge is 0.323 e. The molecule has 94 valence electrons. The normalized spacial score (nSPS) is 13.3. The highest BCUT2D eigenvalue weighted by Gasteiger charge is 2.27. The summed E-state index contributed by atoms with van der Waals surface area (Å²) in [5, 5.41) is 3.28. The van der Waals surface area contributed by atoms with E-state index in [-0.39, 0.29) is 11.3 Å². The van der Waals surface area contributed by atoms with Crippen molar-refractivity contribution in [2.24, 2.45) is 11.1 Å². The van der Waals surface area contributed by atoms with Crippen LogP contribution < -0.4 is 11.1 Å². The number of benzene rings is 1. The molecule has 0 saturated heterocycles. The number of hydrogen-bond acceptors (Lipinski definition) is 2. The zero-order valence-corrected chi connectivity index (χ0v) is 11.4. The van der Waals surface area contributed by atoms with Crippen LogP contribution in [-0.4, -0.2) is 11.9 Å². The van der Waals surface area contributed by atoms with E-state index in [2.05, 4.69) is 5.32 Å². The lowest BCUT2D eigenvalue weighted by molar-refractivity contribution is -0.119. The number of amides is 1. The molecule has 0 aliphatic carbocycles. The summed E-state index contributed by atoms with van der Waals surface area (Å²) >= 11 is 6.00. The molecule has 0 aliphatic rings. The number of anilines is 1. The molecule has 0 unspecified atom stereocenters. The quantitative estimate of drug-likeness (QED) is 0.853. The van der Waals surface area contributed by atoms with E-state index in [1.807, 2.05) is 39.8 Å². The zero-order valence-electron chi connectivity index (χ0n) is 10.7. The van der Waals surface area contributed by atoms with Gasteiger partial charge < -0.3 is 11.1 Å². The smallest absolute Gasteiger partial charge is 0.241 e. The van der Waals surface area contributed by atoms with Crippen LogP contribution in [-0.2, 0) is 4.79 Å². The van der Waals surface area contributed by atoms with Gasteiger partial charge in [0.15, 0.2) is 0 Å². The van der Waals surface area contributed by atoms with Crippen LogP contribution >= 0.6 is 11.6 Å². The lowest BCUT2D eigenvalue weighted by Crippen LogP contribution is -2.45. The van der Waals surface area contributed by atoms with Gasteiger partial charge in [-0.25, -0.2) is 0 Å². The van der Waals surface area contributed by atoms with Gasteiger partial charge >= 0.3 is 0 Å². The van der Waals surface area contributed by atoms with E-state index in [1.54, 1.807) is 6.07 Å². The third kappa shape index (κ3) is 3.72. The Kier molecular flexibility index (Phi) is 4.17. The fourth-order valence-electron chi connectivity index (χ4n) is 1.34. The van der Waals surface area contributed by atoms with Gasteiger partial charge in [0.05, 0.1) is 16.8 Å². The number of carbonyl (C=O) groups excluding carboxylic acids is 1.